The third kappa shape index (κ3) is 4.09. The second kappa shape index (κ2) is 7.11. The minimum absolute atomic E-state index is 0.144. The molecule has 0 unspecified atom stereocenters. The molecule has 1 N–H and O–H groups in total. The van der Waals surface area contributed by atoms with Gasteiger partial charge in [0, 0.05) is 5.56 Å². The van der Waals surface area contributed by atoms with E-state index in [9.17, 15) is 4.39 Å². The lowest BCUT2D eigenvalue weighted by Crippen LogP contribution is -1.99. The van der Waals surface area contributed by atoms with Crippen LogP contribution in [0.2, 0.25) is 10.0 Å². The van der Waals surface area contributed by atoms with Gasteiger partial charge in [0.05, 0.1) is 20.7 Å². The second-order valence-corrected chi connectivity index (χ2v) is 5.75. The first-order chi connectivity index (χ1) is 10.0. The lowest BCUT2D eigenvalue weighted by molar-refractivity contribution is 0.304. The predicted octanol–water partition coefficient (Wildman–Crippen LogP) is 5.28. The maximum absolute atomic E-state index is 13.0. The summed E-state index contributed by atoms with van der Waals surface area (Å²) in [6, 6.07) is 7.35. The fourth-order valence-corrected chi connectivity index (χ4v) is 2.86. The molecular weight excluding hydrogens is 384 g/mol. The van der Waals surface area contributed by atoms with Crippen LogP contribution in [-0.2, 0) is 6.61 Å². The van der Waals surface area contributed by atoms with E-state index in [-0.39, 0.29) is 11.6 Å². The standard InChI is InChI=1S/C14H9BrCl2FNO2/c15-11-3-8(6-19-20)4-13(17)14(11)21-7-9-1-2-10(18)5-12(9)16/h1-6,20H,7H2/b19-6-. The Hall–Kier alpha value is -1.30. The van der Waals surface area contributed by atoms with E-state index in [1.165, 1.54) is 18.3 Å². The van der Waals surface area contributed by atoms with Gasteiger partial charge in [-0.05, 0) is 45.8 Å². The summed E-state index contributed by atoms with van der Waals surface area (Å²) in [5.74, 6) is 0.0164. The molecule has 0 saturated heterocycles. The number of oxime groups is 1. The molecule has 0 aliphatic rings. The molecule has 0 aliphatic heterocycles. The molecule has 2 aromatic rings. The fraction of sp³-hybridized carbons (Fsp3) is 0.0714. The van der Waals surface area contributed by atoms with Crippen LogP contribution in [0.25, 0.3) is 0 Å². The molecular formula is C14H9BrCl2FNO2. The Balaban J connectivity index is 2.20. The molecule has 3 nitrogen and oxygen atoms in total. The van der Waals surface area contributed by atoms with Crippen LogP contribution in [0.4, 0.5) is 4.39 Å². The average molecular weight is 393 g/mol. The summed E-state index contributed by atoms with van der Waals surface area (Å²) < 4.78 is 19.2. The average Bonchev–Trinajstić information content (AvgIpc) is 2.40. The van der Waals surface area contributed by atoms with Crippen LogP contribution in [0, 0.1) is 5.82 Å². The maximum atomic E-state index is 13.0. The van der Waals surface area contributed by atoms with Crippen LogP contribution in [0.5, 0.6) is 5.75 Å². The van der Waals surface area contributed by atoms with E-state index in [1.807, 2.05) is 0 Å². The predicted molar refractivity (Wildman–Crippen MR) is 84.3 cm³/mol. The number of ether oxygens (including phenoxy) is 1. The first-order valence-electron chi connectivity index (χ1n) is 5.74. The molecule has 0 aromatic heterocycles. The van der Waals surface area contributed by atoms with Crippen molar-refractivity contribution in [3.05, 3.63) is 61.8 Å². The summed E-state index contributed by atoms with van der Waals surface area (Å²) in [4.78, 5) is 0. The van der Waals surface area contributed by atoms with Gasteiger partial charge in [0.2, 0.25) is 0 Å². The van der Waals surface area contributed by atoms with Crippen LogP contribution < -0.4 is 4.74 Å². The SMILES string of the molecule is O/N=C\c1cc(Cl)c(OCc2ccc(F)cc2Cl)c(Br)c1. The number of hydrogen-bond donors (Lipinski definition) is 1. The van der Waals surface area contributed by atoms with E-state index in [0.717, 1.165) is 0 Å². The zero-order chi connectivity index (χ0) is 15.4. The van der Waals surface area contributed by atoms with Gasteiger partial charge in [-0.1, -0.05) is 34.4 Å². The van der Waals surface area contributed by atoms with Gasteiger partial charge in [0.15, 0.2) is 5.75 Å². The Morgan fingerprint density at radius 3 is 2.62 bits per heavy atom. The Kier molecular flexibility index (Phi) is 5.45. The largest absolute Gasteiger partial charge is 0.486 e. The van der Waals surface area contributed by atoms with Gasteiger partial charge in [-0.2, -0.15) is 0 Å². The molecule has 0 amide bonds. The monoisotopic (exact) mass is 391 g/mol. The normalized spacial score (nSPS) is 11.0. The van der Waals surface area contributed by atoms with Gasteiger partial charge in [0.25, 0.3) is 0 Å². The van der Waals surface area contributed by atoms with Crippen LogP contribution >= 0.6 is 39.1 Å². The third-order valence-electron chi connectivity index (χ3n) is 2.61. The summed E-state index contributed by atoms with van der Waals surface area (Å²) >= 11 is 15.4. The topological polar surface area (TPSA) is 41.8 Å². The number of benzene rings is 2. The van der Waals surface area contributed by atoms with Gasteiger partial charge >= 0.3 is 0 Å². The molecule has 7 heteroatoms. The van der Waals surface area contributed by atoms with Crippen molar-refractivity contribution in [2.24, 2.45) is 5.16 Å². The minimum atomic E-state index is -0.407. The van der Waals surface area contributed by atoms with Crippen molar-refractivity contribution in [2.45, 2.75) is 6.61 Å². The zero-order valence-corrected chi connectivity index (χ0v) is 13.6. The Bertz CT molecular complexity index is 672. The molecule has 110 valence electrons. The van der Waals surface area contributed by atoms with E-state index >= 15 is 0 Å². The summed E-state index contributed by atoms with van der Waals surface area (Å²) in [6.07, 6.45) is 1.25. The lowest BCUT2D eigenvalue weighted by Gasteiger charge is -2.12. The van der Waals surface area contributed by atoms with Crippen molar-refractivity contribution >= 4 is 45.3 Å². The fourth-order valence-electron chi connectivity index (χ4n) is 1.65. The highest BCUT2D eigenvalue weighted by Crippen LogP contribution is 2.35. The molecule has 0 aliphatic carbocycles. The number of nitrogens with zero attached hydrogens (tertiary/aromatic N) is 1. The van der Waals surface area contributed by atoms with E-state index < -0.39 is 5.82 Å². The summed E-state index contributed by atoms with van der Waals surface area (Å²) in [5, 5.41) is 12.1. The van der Waals surface area contributed by atoms with Crippen molar-refractivity contribution in [1.29, 1.82) is 0 Å². The molecule has 21 heavy (non-hydrogen) atoms. The molecule has 2 aromatic carbocycles. The van der Waals surface area contributed by atoms with E-state index in [2.05, 4.69) is 21.1 Å². The molecule has 0 radical (unpaired) electrons. The Labute approximate surface area is 139 Å². The number of halogens is 4. The van der Waals surface area contributed by atoms with E-state index in [4.69, 9.17) is 33.1 Å². The van der Waals surface area contributed by atoms with Crippen molar-refractivity contribution < 1.29 is 14.3 Å². The highest BCUT2D eigenvalue weighted by molar-refractivity contribution is 9.10. The van der Waals surface area contributed by atoms with E-state index in [0.29, 0.717) is 26.4 Å². The number of rotatable bonds is 4. The summed E-state index contributed by atoms with van der Waals surface area (Å²) in [6.45, 7) is 0.144. The van der Waals surface area contributed by atoms with Crippen molar-refractivity contribution in [3.63, 3.8) is 0 Å². The molecule has 0 heterocycles. The van der Waals surface area contributed by atoms with Gasteiger partial charge in [-0.25, -0.2) is 4.39 Å². The smallest absolute Gasteiger partial charge is 0.152 e. The zero-order valence-electron chi connectivity index (χ0n) is 10.5. The van der Waals surface area contributed by atoms with Gasteiger partial charge in [-0.15, -0.1) is 0 Å². The second-order valence-electron chi connectivity index (χ2n) is 4.08. The van der Waals surface area contributed by atoms with Crippen LogP contribution in [0.1, 0.15) is 11.1 Å². The van der Waals surface area contributed by atoms with Crippen LogP contribution in [0.15, 0.2) is 40.0 Å². The van der Waals surface area contributed by atoms with Gasteiger partial charge in [-0.3, -0.25) is 0 Å². The highest BCUT2D eigenvalue weighted by atomic mass is 79.9. The molecule has 0 atom stereocenters. The minimum Gasteiger partial charge on any atom is -0.486 e. The van der Waals surface area contributed by atoms with Crippen LogP contribution in [-0.4, -0.2) is 11.4 Å². The maximum Gasteiger partial charge on any atom is 0.152 e. The third-order valence-corrected chi connectivity index (χ3v) is 3.84. The molecule has 0 fully saturated rings. The van der Waals surface area contributed by atoms with Crippen molar-refractivity contribution in [1.82, 2.24) is 0 Å². The molecule has 0 spiro atoms. The summed E-state index contributed by atoms with van der Waals surface area (Å²) in [5.41, 5.74) is 1.25. The molecule has 2 rings (SSSR count). The van der Waals surface area contributed by atoms with Crippen LogP contribution in [0.3, 0.4) is 0 Å². The van der Waals surface area contributed by atoms with Crippen molar-refractivity contribution in [2.75, 3.05) is 0 Å². The number of hydrogen-bond acceptors (Lipinski definition) is 3. The molecule has 0 bridgehead atoms. The lowest BCUT2D eigenvalue weighted by atomic mass is 10.2. The Morgan fingerprint density at radius 1 is 1.24 bits per heavy atom. The first-order valence-corrected chi connectivity index (χ1v) is 7.29. The highest BCUT2D eigenvalue weighted by Gasteiger charge is 2.10. The quantitative estimate of drug-likeness (QED) is 0.436. The molecule has 0 saturated carbocycles. The van der Waals surface area contributed by atoms with Gasteiger partial charge in [0.1, 0.15) is 12.4 Å². The first kappa shape index (κ1) is 16.1. The van der Waals surface area contributed by atoms with E-state index in [1.54, 1.807) is 18.2 Å². The van der Waals surface area contributed by atoms with Gasteiger partial charge < -0.3 is 9.94 Å². The Morgan fingerprint density at radius 2 is 2.00 bits per heavy atom. The van der Waals surface area contributed by atoms with Crippen molar-refractivity contribution in [3.8, 4) is 5.75 Å². The summed E-state index contributed by atoms with van der Waals surface area (Å²) in [7, 11) is 0.